The number of rotatable bonds is 5. The van der Waals surface area contributed by atoms with E-state index in [1.807, 2.05) is 36.2 Å². The van der Waals surface area contributed by atoms with Gasteiger partial charge >= 0.3 is 0 Å². The van der Waals surface area contributed by atoms with Crippen LogP contribution in [0.4, 0.5) is 0 Å². The lowest BCUT2D eigenvalue weighted by Crippen LogP contribution is -2.41. The zero-order valence-corrected chi connectivity index (χ0v) is 15.5. The molecule has 0 spiro atoms. The van der Waals surface area contributed by atoms with Crippen molar-refractivity contribution >= 4 is 5.91 Å². The van der Waals surface area contributed by atoms with Gasteiger partial charge < -0.3 is 4.90 Å². The van der Waals surface area contributed by atoms with E-state index in [4.69, 9.17) is 0 Å². The molecule has 1 aliphatic rings. The predicted molar refractivity (Wildman–Crippen MR) is 102 cm³/mol. The van der Waals surface area contributed by atoms with Crippen LogP contribution in [0, 0.1) is 5.92 Å². The lowest BCUT2D eigenvalue weighted by molar-refractivity contribution is -0.136. The molecule has 0 unspecified atom stereocenters. The van der Waals surface area contributed by atoms with Crippen molar-refractivity contribution in [3.63, 3.8) is 0 Å². The molecule has 0 saturated carbocycles. The summed E-state index contributed by atoms with van der Waals surface area (Å²) in [5, 5.41) is 11.6. The molecule has 140 valence electrons. The van der Waals surface area contributed by atoms with E-state index in [1.165, 1.54) is 23.1 Å². The number of hydrogen-bond donors (Lipinski definition) is 1. The molecule has 0 aliphatic carbocycles. The Morgan fingerprint density at radius 1 is 1.26 bits per heavy atom. The maximum absolute atomic E-state index is 12.8. The van der Waals surface area contributed by atoms with Crippen LogP contribution in [-0.2, 0) is 11.3 Å². The molecule has 27 heavy (non-hydrogen) atoms. The normalized spacial score (nSPS) is 16.4. The van der Waals surface area contributed by atoms with E-state index in [1.54, 1.807) is 11.0 Å². The molecule has 2 aromatic heterocycles. The highest BCUT2D eigenvalue weighted by Crippen LogP contribution is 2.34. The average molecular weight is 364 g/mol. The Labute approximate surface area is 158 Å². The van der Waals surface area contributed by atoms with E-state index in [9.17, 15) is 4.79 Å². The first-order valence-electron chi connectivity index (χ1n) is 9.42. The van der Waals surface area contributed by atoms with Gasteiger partial charge in [-0.05, 0) is 18.4 Å². The SMILES string of the molecule is C[C@@H](Cn1cncn1)C(=O)N1CCC(c2[nH]ncc2-c2ccccc2)CC1. The molecule has 0 bridgehead atoms. The van der Waals surface area contributed by atoms with Crippen LogP contribution in [0.1, 0.15) is 31.4 Å². The number of amides is 1. The number of carbonyl (C=O) groups excluding carboxylic acids is 1. The summed E-state index contributed by atoms with van der Waals surface area (Å²) in [4.78, 5) is 18.7. The molecule has 1 fully saturated rings. The Morgan fingerprint density at radius 3 is 2.74 bits per heavy atom. The Bertz CT molecular complexity index is 865. The maximum atomic E-state index is 12.8. The lowest BCUT2D eigenvalue weighted by Gasteiger charge is -2.33. The van der Waals surface area contributed by atoms with Gasteiger partial charge in [-0.2, -0.15) is 10.2 Å². The van der Waals surface area contributed by atoms with Gasteiger partial charge in [-0.3, -0.25) is 14.6 Å². The van der Waals surface area contributed by atoms with Crippen molar-refractivity contribution in [2.24, 2.45) is 5.92 Å². The van der Waals surface area contributed by atoms with Crippen LogP contribution in [0.5, 0.6) is 0 Å². The molecule has 1 amide bonds. The van der Waals surface area contributed by atoms with Gasteiger partial charge in [0.25, 0.3) is 0 Å². The van der Waals surface area contributed by atoms with E-state index in [0.717, 1.165) is 25.9 Å². The number of nitrogens with zero attached hydrogens (tertiary/aromatic N) is 5. The zero-order valence-electron chi connectivity index (χ0n) is 15.5. The van der Waals surface area contributed by atoms with E-state index in [-0.39, 0.29) is 11.8 Å². The van der Waals surface area contributed by atoms with E-state index in [2.05, 4.69) is 32.4 Å². The fourth-order valence-electron chi connectivity index (χ4n) is 3.84. The van der Waals surface area contributed by atoms with Crippen LogP contribution in [0.2, 0.25) is 0 Å². The summed E-state index contributed by atoms with van der Waals surface area (Å²) < 4.78 is 1.71. The van der Waals surface area contributed by atoms with Crippen LogP contribution in [0.25, 0.3) is 11.1 Å². The van der Waals surface area contributed by atoms with E-state index >= 15 is 0 Å². The third-order valence-corrected chi connectivity index (χ3v) is 5.32. The first kappa shape index (κ1) is 17.5. The van der Waals surface area contributed by atoms with Crippen molar-refractivity contribution in [3.8, 4) is 11.1 Å². The van der Waals surface area contributed by atoms with Crippen molar-refractivity contribution in [1.82, 2.24) is 29.9 Å². The molecule has 4 rings (SSSR count). The molecule has 7 nitrogen and oxygen atoms in total. The summed E-state index contributed by atoms with van der Waals surface area (Å²) in [6.45, 7) is 4.08. The topological polar surface area (TPSA) is 79.7 Å². The quantitative estimate of drug-likeness (QED) is 0.755. The van der Waals surface area contributed by atoms with Crippen LogP contribution in [-0.4, -0.2) is 48.9 Å². The highest BCUT2D eigenvalue weighted by atomic mass is 16.2. The smallest absolute Gasteiger partial charge is 0.227 e. The van der Waals surface area contributed by atoms with Gasteiger partial charge in [0.15, 0.2) is 0 Å². The number of aromatic amines is 1. The number of benzene rings is 1. The molecular formula is C20H24N6O. The highest BCUT2D eigenvalue weighted by Gasteiger charge is 2.28. The molecule has 1 N–H and O–H groups in total. The van der Waals surface area contributed by atoms with Gasteiger partial charge in [0, 0.05) is 30.3 Å². The number of carbonyl (C=O) groups is 1. The number of nitrogens with one attached hydrogen (secondary N) is 1. The summed E-state index contributed by atoms with van der Waals surface area (Å²) >= 11 is 0. The number of H-pyrrole nitrogens is 1. The monoisotopic (exact) mass is 364 g/mol. The van der Waals surface area contributed by atoms with Crippen molar-refractivity contribution < 1.29 is 4.79 Å². The Balaban J connectivity index is 1.38. The molecular weight excluding hydrogens is 340 g/mol. The fraction of sp³-hybridized carbons (Fsp3) is 0.400. The van der Waals surface area contributed by atoms with Gasteiger partial charge in [-0.25, -0.2) is 4.98 Å². The summed E-state index contributed by atoms with van der Waals surface area (Å²) in [5.41, 5.74) is 3.53. The van der Waals surface area contributed by atoms with Crippen LogP contribution in [0.3, 0.4) is 0 Å². The van der Waals surface area contributed by atoms with Gasteiger partial charge in [-0.1, -0.05) is 37.3 Å². The second kappa shape index (κ2) is 7.73. The molecule has 3 aromatic rings. The Hall–Kier alpha value is -2.96. The Morgan fingerprint density at radius 2 is 2.04 bits per heavy atom. The maximum Gasteiger partial charge on any atom is 0.227 e. The number of piperidine rings is 1. The number of aromatic nitrogens is 5. The minimum absolute atomic E-state index is 0.102. The third kappa shape index (κ3) is 3.77. The van der Waals surface area contributed by atoms with E-state index in [0.29, 0.717) is 12.5 Å². The third-order valence-electron chi connectivity index (χ3n) is 5.32. The number of hydrogen-bond acceptors (Lipinski definition) is 4. The van der Waals surface area contributed by atoms with Crippen molar-refractivity contribution in [3.05, 3.63) is 54.9 Å². The van der Waals surface area contributed by atoms with Crippen LogP contribution < -0.4 is 0 Å². The van der Waals surface area contributed by atoms with E-state index < -0.39 is 0 Å². The second-order valence-corrected chi connectivity index (χ2v) is 7.18. The lowest BCUT2D eigenvalue weighted by atomic mass is 9.89. The predicted octanol–water partition coefficient (Wildman–Crippen LogP) is 2.71. The van der Waals surface area contributed by atoms with Gasteiger partial charge in [0.1, 0.15) is 12.7 Å². The molecule has 1 saturated heterocycles. The first-order chi connectivity index (χ1) is 13.2. The molecule has 7 heteroatoms. The summed E-state index contributed by atoms with van der Waals surface area (Å²) in [6, 6.07) is 10.3. The van der Waals surface area contributed by atoms with Crippen LogP contribution >= 0.6 is 0 Å². The van der Waals surface area contributed by atoms with Gasteiger partial charge in [0.2, 0.25) is 5.91 Å². The molecule has 1 aromatic carbocycles. The zero-order chi connectivity index (χ0) is 18.6. The average Bonchev–Trinajstić information content (AvgIpc) is 3.40. The summed E-state index contributed by atoms with van der Waals surface area (Å²) in [7, 11) is 0. The fourth-order valence-corrected chi connectivity index (χ4v) is 3.84. The largest absolute Gasteiger partial charge is 0.342 e. The van der Waals surface area contributed by atoms with Gasteiger partial charge in [-0.15, -0.1) is 0 Å². The molecule has 0 radical (unpaired) electrons. The minimum Gasteiger partial charge on any atom is -0.342 e. The summed E-state index contributed by atoms with van der Waals surface area (Å²) in [5.74, 6) is 0.490. The highest BCUT2D eigenvalue weighted by molar-refractivity contribution is 5.78. The molecule has 1 atom stereocenters. The van der Waals surface area contributed by atoms with Crippen molar-refractivity contribution in [2.75, 3.05) is 13.1 Å². The minimum atomic E-state index is -0.102. The molecule has 3 heterocycles. The standard InChI is InChI=1S/C20H24N6O/c1-15(12-26-14-21-13-23-26)20(27)25-9-7-17(8-10-25)19-18(11-22-24-19)16-5-3-2-4-6-16/h2-6,11,13-15,17H,7-10,12H2,1H3,(H,22,24)/t15-/m0/s1. The second-order valence-electron chi connectivity index (χ2n) is 7.18. The van der Waals surface area contributed by atoms with Crippen molar-refractivity contribution in [1.29, 1.82) is 0 Å². The summed E-state index contributed by atoms with van der Waals surface area (Å²) in [6.07, 6.45) is 6.95. The number of likely N-dealkylation sites (tertiary alicyclic amines) is 1. The van der Waals surface area contributed by atoms with Crippen molar-refractivity contribution in [2.45, 2.75) is 32.2 Å². The van der Waals surface area contributed by atoms with Gasteiger partial charge in [0.05, 0.1) is 18.7 Å². The Kier molecular flexibility index (Phi) is 5.00. The first-order valence-corrected chi connectivity index (χ1v) is 9.42. The van der Waals surface area contributed by atoms with Crippen LogP contribution in [0.15, 0.2) is 49.2 Å². The molecule has 1 aliphatic heterocycles.